The summed E-state index contributed by atoms with van der Waals surface area (Å²) >= 11 is 0. The Hall–Kier alpha value is -2.87. The van der Waals surface area contributed by atoms with Gasteiger partial charge in [0.1, 0.15) is 11.6 Å². The van der Waals surface area contributed by atoms with Crippen LogP contribution in [-0.2, 0) is 17.7 Å². The molecule has 1 atom stereocenters. The maximum Gasteiger partial charge on any atom is 0.573 e. The first kappa shape index (κ1) is 19.4. The van der Waals surface area contributed by atoms with E-state index in [9.17, 15) is 13.2 Å². The zero-order valence-corrected chi connectivity index (χ0v) is 16.0. The number of pyridine rings is 1. The Morgan fingerprint density at radius 3 is 2.59 bits per heavy atom. The molecule has 0 N–H and O–H groups in total. The van der Waals surface area contributed by atoms with Gasteiger partial charge in [0.05, 0.1) is 24.9 Å². The van der Waals surface area contributed by atoms with Crippen LogP contribution in [-0.4, -0.2) is 33.6 Å². The summed E-state index contributed by atoms with van der Waals surface area (Å²) < 4.78 is 49.2. The smallest absolute Gasteiger partial charge is 0.406 e. The Kier molecular flexibility index (Phi) is 5.04. The number of hydrogen-bond donors (Lipinski definition) is 0. The first-order valence-electron chi connectivity index (χ1n) is 9.30. The van der Waals surface area contributed by atoms with Gasteiger partial charge < -0.3 is 14.0 Å². The summed E-state index contributed by atoms with van der Waals surface area (Å²) in [4.78, 5) is 9.12. The minimum Gasteiger partial charge on any atom is -0.406 e. The predicted molar refractivity (Wildman–Crippen MR) is 101 cm³/mol. The maximum atomic E-state index is 12.4. The molecule has 152 valence electrons. The molecule has 0 radical (unpaired) electrons. The second kappa shape index (κ2) is 7.51. The first-order chi connectivity index (χ1) is 13.8. The van der Waals surface area contributed by atoms with Crippen LogP contribution in [0, 0.1) is 6.92 Å². The number of ether oxygens (including phenoxy) is 2. The highest BCUT2D eigenvalue weighted by Crippen LogP contribution is 2.33. The standard InChI is InChI=1S/C21H20F3N3O2/c1-13-11-16(7-9-25-13)19-18-8-10-28-14(2)12-27(18)20(26-19)15-3-5-17(6-4-15)29-21(22,23)24/h3-7,9,11,14H,8,10,12H2,1-2H3/t14-/m1/s1. The number of halogens is 3. The Balaban J connectivity index is 1.79. The fourth-order valence-corrected chi connectivity index (χ4v) is 3.55. The number of rotatable bonds is 3. The number of benzene rings is 1. The molecule has 0 saturated carbocycles. The van der Waals surface area contributed by atoms with Gasteiger partial charge in [-0.2, -0.15) is 0 Å². The fraction of sp³-hybridized carbons (Fsp3) is 0.333. The quantitative estimate of drug-likeness (QED) is 0.632. The highest BCUT2D eigenvalue weighted by atomic mass is 19.4. The number of aryl methyl sites for hydroxylation is 1. The summed E-state index contributed by atoms with van der Waals surface area (Å²) in [5.41, 5.74) is 4.45. The van der Waals surface area contributed by atoms with Crippen molar-refractivity contribution in [2.45, 2.75) is 39.3 Å². The minimum atomic E-state index is -4.72. The minimum absolute atomic E-state index is 0.00376. The molecule has 29 heavy (non-hydrogen) atoms. The lowest BCUT2D eigenvalue weighted by Crippen LogP contribution is -2.17. The molecule has 1 aliphatic heterocycles. The Morgan fingerprint density at radius 1 is 1.14 bits per heavy atom. The van der Waals surface area contributed by atoms with Crippen LogP contribution in [0.5, 0.6) is 5.75 Å². The van der Waals surface area contributed by atoms with E-state index in [-0.39, 0.29) is 11.9 Å². The monoisotopic (exact) mass is 403 g/mol. The maximum absolute atomic E-state index is 12.4. The third-order valence-corrected chi connectivity index (χ3v) is 4.77. The van der Waals surface area contributed by atoms with E-state index in [2.05, 4.69) is 14.3 Å². The van der Waals surface area contributed by atoms with Crippen molar-refractivity contribution in [3.8, 4) is 28.4 Å². The van der Waals surface area contributed by atoms with E-state index < -0.39 is 6.36 Å². The molecular formula is C21H20F3N3O2. The Labute approximate surface area is 166 Å². The molecule has 0 aliphatic carbocycles. The fourth-order valence-electron chi connectivity index (χ4n) is 3.55. The van der Waals surface area contributed by atoms with Gasteiger partial charge in [-0.25, -0.2) is 4.98 Å². The topological polar surface area (TPSA) is 49.2 Å². The highest BCUT2D eigenvalue weighted by molar-refractivity contribution is 5.69. The number of imidazole rings is 1. The van der Waals surface area contributed by atoms with E-state index in [0.29, 0.717) is 31.0 Å². The molecule has 5 nitrogen and oxygen atoms in total. The van der Waals surface area contributed by atoms with Crippen molar-refractivity contribution in [3.05, 3.63) is 54.0 Å². The van der Waals surface area contributed by atoms with Crippen LogP contribution in [0.3, 0.4) is 0 Å². The summed E-state index contributed by atoms with van der Waals surface area (Å²) in [5.74, 6) is 0.436. The van der Waals surface area contributed by atoms with Gasteiger partial charge in [-0.15, -0.1) is 13.2 Å². The highest BCUT2D eigenvalue weighted by Gasteiger charge is 2.31. The van der Waals surface area contributed by atoms with E-state index >= 15 is 0 Å². The van der Waals surface area contributed by atoms with Gasteiger partial charge in [0.2, 0.25) is 0 Å². The molecule has 0 amide bonds. The van der Waals surface area contributed by atoms with Crippen LogP contribution < -0.4 is 4.74 Å². The van der Waals surface area contributed by atoms with Gasteiger partial charge in [0, 0.05) is 35.1 Å². The van der Waals surface area contributed by atoms with E-state index in [1.165, 1.54) is 12.1 Å². The van der Waals surface area contributed by atoms with E-state index in [1.54, 1.807) is 18.3 Å². The summed E-state index contributed by atoms with van der Waals surface area (Å²) in [6.45, 7) is 5.11. The van der Waals surface area contributed by atoms with Crippen LogP contribution in [0.25, 0.3) is 22.6 Å². The SMILES string of the molecule is Cc1cc(-c2nc(-c3ccc(OC(F)(F)F)cc3)n3c2CCO[C@H](C)C3)ccn1. The van der Waals surface area contributed by atoms with Crippen LogP contribution in [0.2, 0.25) is 0 Å². The number of alkyl halides is 3. The molecule has 0 fully saturated rings. The Morgan fingerprint density at radius 2 is 1.90 bits per heavy atom. The molecular weight excluding hydrogens is 383 g/mol. The van der Waals surface area contributed by atoms with Crippen LogP contribution in [0.1, 0.15) is 18.3 Å². The molecule has 4 rings (SSSR count). The molecule has 1 aliphatic rings. The van der Waals surface area contributed by atoms with Crippen LogP contribution >= 0.6 is 0 Å². The molecule has 3 aromatic rings. The van der Waals surface area contributed by atoms with Crippen LogP contribution in [0.15, 0.2) is 42.6 Å². The molecule has 0 spiro atoms. The van der Waals surface area contributed by atoms with Gasteiger partial charge in [-0.1, -0.05) is 0 Å². The van der Waals surface area contributed by atoms with Crippen molar-refractivity contribution in [1.29, 1.82) is 0 Å². The largest absolute Gasteiger partial charge is 0.573 e. The lowest BCUT2D eigenvalue weighted by molar-refractivity contribution is -0.274. The van der Waals surface area contributed by atoms with Crippen molar-refractivity contribution < 1.29 is 22.6 Å². The average molecular weight is 403 g/mol. The number of aromatic nitrogens is 3. The molecule has 8 heteroatoms. The lowest BCUT2D eigenvalue weighted by atomic mass is 10.1. The van der Waals surface area contributed by atoms with Gasteiger partial charge in [0.15, 0.2) is 0 Å². The molecule has 0 saturated heterocycles. The molecule has 2 aromatic heterocycles. The first-order valence-corrected chi connectivity index (χ1v) is 9.30. The van der Waals surface area contributed by atoms with E-state index in [1.807, 2.05) is 26.0 Å². The van der Waals surface area contributed by atoms with Crippen molar-refractivity contribution in [1.82, 2.24) is 14.5 Å². The zero-order chi connectivity index (χ0) is 20.6. The summed E-state index contributed by atoms with van der Waals surface area (Å²) in [6, 6.07) is 9.68. The van der Waals surface area contributed by atoms with Crippen molar-refractivity contribution in [2.75, 3.05) is 6.61 Å². The van der Waals surface area contributed by atoms with E-state index in [4.69, 9.17) is 9.72 Å². The van der Waals surface area contributed by atoms with Crippen molar-refractivity contribution >= 4 is 0 Å². The second-order valence-electron chi connectivity index (χ2n) is 7.03. The molecule has 0 unspecified atom stereocenters. The van der Waals surface area contributed by atoms with Crippen molar-refractivity contribution in [2.24, 2.45) is 0 Å². The summed E-state index contributed by atoms with van der Waals surface area (Å²) in [6.07, 6.45) is -2.27. The van der Waals surface area contributed by atoms with E-state index in [0.717, 1.165) is 22.6 Å². The summed E-state index contributed by atoms with van der Waals surface area (Å²) in [5, 5.41) is 0. The Bertz CT molecular complexity index is 1010. The molecule has 3 heterocycles. The molecule has 0 bridgehead atoms. The van der Waals surface area contributed by atoms with Crippen molar-refractivity contribution in [3.63, 3.8) is 0 Å². The van der Waals surface area contributed by atoms with Gasteiger partial charge in [0.25, 0.3) is 0 Å². The van der Waals surface area contributed by atoms with Crippen LogP contribution in [0.4, 0.5) is 13.2 Å². The van der Waals surface area contributed by atoms with Gasteiger partial charge in [-0.05, 0) is 50.2 Å². The summed E-state index contributed by atoms with van der Waals surface area (Å²) in [7, 11) is 0. The predicted octanol–water partition coefficient (Wildman–Crippen LogP) is 4.78. The third kappa shape index (κ3) is 4.27. The number of hydrogen-bond acceptors (Lipinski definition) is 4. The number of nitrogens with zero attached hydrogens (tertiary/aromatic N) is 3. The zero-order valence-electron chi connectivity index (χ0n) is 16.0. The second-order valence-corrected chi connectivity index (χ2v) is 7.03. The number of fused-ring (bicyclic) bond motifs is 1. The van der Waals surface area contributed by atoms with Gasteiger partial charge in [-0.3, -0.25) is 4.98 Å². The molecule has 1 aromatic carbocycles. The third-order valence-electron chi connectivity index (χ3n) is 4.77. The average Bonchev–Trinajstić information content (AvgIpc) is 2.88. The normalized spacial score (nSPS) is 16.9. The lowest BCUT2D eigenvalue weighted by Gasteiger charge is -2.13. The van der Waals surface area contributed by atoms with Gasteiger partial charge >= 0.3 is 6.36 Å².